The van der Waals surface area contributed by atoms with Crippen LogP contribution >= 0.6 is 12.4 Å². The molecule has 0 amide bonds. The fourth-order valence-corrected chi connectivity index (χ4v) is 3.76. The molecule has 8 heteroatoms. The number of nitrogens with one attached hydrogen (secondary N) is 2. The van der Waals surface area contributed by atoms with Crippen LogP contribution in [-0.2, 0) is 0 Å². The van der Waals surface area contributed by atoms with Gasteiger partial charge in [-0.25, -0.2) is 4.68 Å². The number of aliphatic hydroxyl groups excluding tert-OH is 1. The number of β-amino-alcohol motifs (C(OH)–C–C–N with tert-alkyl or cyclic N) is 1. The van der Waals surface area contributed by atoms with Crippen molar-refractivity contribution < 1.29 is 5.11 Å². The molecule has 2 aromatic heterocycles. The molecule has 1 fully saturated rings. The number of fused-ring (bicyclic) bond motifs is 1. The summed E-state index contributed by atoms with van der Waals surface area (Å²) in [6.07, 6.45) is 2.49. The van der Waals surface area contributed by atoms with Crippen molar-refractivity contribution in [2.75, 3.05) is 13.1 Å². The summed E-state index contributed by atoms with van der Waals surface area (Å²) in [4.78, 5) is 0. The monoisotopic (exact) mass is 396 g/mol. The van der Waals surface area contributed by atoms with Gasteiger partial charge in [0.05, 0.1) is 23.5 Å². The van der Waals surface area contributed by atoms with Gasteiger partial charge in [0, 0.05) is 17.8 Å². The molecule has 1 aliphatic heterocycles. The van der Waals surface area contributed by atoms with Crippen LogP contribution in [0.4, 0.5) is 0 Å². The third-order valence-corrected chi connectivity index (χ3v) is 5.24. The minimum absolute atomic E-state index is 0. The lowest BCUT2D eigenvalue weighted by Crippen LogP contribution is -2.39. The number of aromatic amines is 1. The van der Waals surface area contributed by atoms with Crippen molar-refractivity contribution in [3.05, 3.63) is 60.3 Å². The largest absolute Gasteiger partial charge is 0.391 e. The van der Waals surface area contributed by atoms with E-state index in [4.69, 9.17) is 0 Å². The Hall–Kier alpha value is -2.74. The second-order valence-electron chi connectivity index (χ2n) is 6.92. The van der Waals surface area contributed by atoms with E-state index < -0.39 is 0 Å². The van der Waals surface area contributed by atoms with Crippen LogP contribution in [0.5, 0.6) is 0 Å². The molecule has 0 radical (unpaired) electrons. The van der Waals surface area contributed by atoms with E-state index in [9.17, 15) is 5.11 Å². The molecule has 2 aromatic carbocycles. The Morgan fingerprint density at radius 1 is 1.07 bits per heavy atom. The quantitative estimate of drug-likeness (QED) is 0.495. The van der Waals surface area contributed by atoms with Crippen LogP contribution in [-0.4, -0.2) is 49.5 Å². The molecule has 0 bridgehead atoms. The van der Waals surface area contributed by atoms with Gasteiger partial charge in [-0.2, -0.15) is 5.10 Å². The third-order valence-electron chi connectivity index (χ3n) is 5.24. The van der Waals surface area contributed by atoms with E-state index in [-0.39, 0.29) is 24.4 Å². The molecule has 4 aromatic rings. The van der Waals surface area contributed by atoms with Crippen molar-refractivity contribution >= 4 is 23.3 Å². The summed E-state index contributed by atoms with van der Waals surface area (Å²) in [6, 6.07) is 16.1. The fraction of sp³-hybridized carbons (Fsp3) is 0.250. The lowest BCUT2D eigenvalue weighted by molar-refractivity contribution is 0.118. The number of aromatic nitrogens is 5. The van der Waals surface area contributed by atoms with Gasteiger partial charge in [0.15, 0.2) is 0 Å². The van der Waals surface area contributed by atoms with Gasteiger partial charge in [-0.3, -0.25) is 5.10 Å². The maximum Gasteiger partial charge on any atom is 0.134 e. The summed E-state index contributed by atoms with van der Waals surface area (Å²) in [5, 5.41) is 30.4. The Kier molecular flexibility index (Phi) is 5.13. The normalized spacial score (nSPS) is 19.5. The van der Waals surface area contributed by atoms with E-state index in [0.717, 1.165) is 46.5 Å². The highest BCUT2D eigenvalue weighted by atomic mass is 35.5. The van der Waals surface area contributed by atoms with E-state index in [2.05, 4.69) is 38.0 Å². The number of rotatable bonds is 3. The molecular weight excluding hydrogens is 376 g/mol. The highest BCUT2D eigenvalue weighted by molar-refractivity contribution is 5.91. The summed E-state index contributed by atoms with van der Waals surface area (Å²) < 4.78 is 1.75. The van der Waals surface area contributed by atoms with E-state index in [0.29, 0.717) is 6.54 Å². The molecule has 0 spiro atoms. The van der Waals surface area contributed by atoms with Crippen molar-refractivity contribution in [2.24, 2.45) is 0 Å². The van der Waals surface area contributed by atoms with Crippen molar-refractivity contribution in [3.8, 4) is 17.1 Å². The van der Waals surface area contributed by atoms with Crippen molar-refractivity contribution in [1.82, 2.24) is 30.5 Å². The maximum absolute atomic E-state index is 10.2. The number of piperidine rings is 1. The first-order valence-corrected chi connectivity index (χ1v) is 9.14. The van der Waals surface area contributed by atoms with Crippen LogP contribution in [0, 0.1) is 0 Å². The summed E-state index contributed by atoms with van der Waals surface area (Å²) in [5.41, 5.74) is 4.59. The molecule has 5 rings (SSSR count). The Morgan fingerprint density at radius 2 is 1.89 bits per heavy atom. The number of aliphatic hydroxyl groups is 1. The topological polar surface area (TPSA) is 91.7 Å². The Balaban J connectivity index is 0.00000192. The minimum Gasteiger partial charge on any atom is -0.391 e. The first-order chi connectivity index (χ1) is 13.3. The van der Waals surface area contributed by atoms with Crippen molar-refractivity contribution in [1.29, 1.82) is 0 Å². The van der Waals surface area contributed by atoms with Gasteiger partial charge in [-0.15, -0.1) is 17.5 Å². The zero-order chi connectivity index (χ0) is 18.2. The third kappa shape index (κ3) is 3.28. The second kappa shape index (κ2) is 7.71. The molecule has 2 unspecified atom stereocenters. The zero-order valence-electron chi connectivity index (χ0n) is 15.1. The smallest absolute Gasteiger partial charge is 0.134 e. The Labute approximate surface area is 168 Å². The molecule has 0 saturated carbocycles. The second-order valence-corrected chi connectivity index (χ2v) is 6.92. The van der Waals surface area contributed by atoms with E-state index in [1.165, 1.54) is 0 Å². The average molecular weight is 397 g/mol. The average Bonchev–Trinajstić information content (AvgIpc) is 3.35. The number of para-hydroxylation sites is 1. The molecule has 0 aliphatic carbocycles. The van der Waals surface area contributed by atoms with Gasteiger partial charge in [0.1, 0.15) is 11.4 Å². The summed E-state index contributed by atoms with van der Waals surface area (Å²) in [5.74, 6) is 0.182. The number of benzene rings is 2. The number of halogens is 1. The molecule has 3 heterocycles. The first kappa shape index (κ1) is 18.6. The molecule has 28 heavy (non-hydrogen) atoms. The van der Waals surface area contributed by atoms with Crippen molar-refractivity contribution in [3.63, 3.8) is 0 Å². The van der Waals surface area contributed by atoms with Crippen LogP contribution < -0.4 is 5.32 Å². The van der Waals surface area contributed by atoms with E-state index >= 15 is 0 Å². The standard InChI is InChI=1S/C20H20N6O.ClH/c27-19-11-21-10-9-15(19)13-5-7-14(8-6-13)26-12-18(23-25-26)20-16-3-1-2-4-17(16)22-24-20;/h1-8,12,15,19,21,27H,9-11H2,(H,22,24);1H. The lowest BCUT2D eigenvalue weighted by Gasteiger charge is -2.28. The highest BCUT2D eigenvalue weighted by Crippen LogP contribution is 2.27. The summed E-state index contributed by atoms with van der Waals surface area (Å²) in [7, 11) is 0. The van der Waals surface area contributed by atoms with Crippen LogP contribution in [0.2, 0.25) is 0 Å². The molecule has 1 aliphatic rings. The van der Waals surface area contributed by atoms with Gasteiger partial charge in [-0.05, 0) is 36.7 Å². The molecule has 1 saturated heterocycles. The predicted octanol–water partition coefficient (Wildman–Crippen LogP) is 2.67. The van der Waals surface area contributed by atoms with Crippen LogP contribution in [0.15, 0.2) is 54.7 Å². The SMILES string of the molecule is Cl.OC1CNCCC1c1ccc(-n2cc(-c3n[nH]c4ccccc34)nn2)cc1. The van der Waals surface area contributed by atoms with Gasteiger partial charge in [0.2, 0.25) is 0 Å². The zero-order valence-corrected chi connectivity index (χ0v) is 15.9. The summed E-state index contributed by atoms with van der Waals surface area (Å²) in [6.45, 7) is 1.59. The van der Waals surface area contributed by atoms with E-state index in [1.807, 2.05) is 42.6 Å². The number of hydrogen-bond acceptors (Lipinski definition) is 5. The number of nitrogens with zero attached hydrogens (tertiary/aromatic N) is 4. The van der Waals surface area contributed by atoms with Gasteiger partial charge < -0.3 is 10.4 Å². The maximum atomic E-state index is 10.2. The molecular formula is C20H21ClN6O. The van der Waals surface area contributed by atoms with Gasteiger partial charge >= 0.3 is 0 Å². The van der Waals surface area contributed by atoms with Crippen LogP contribution in [0.1, 0.15) is 17.9 Å². The minimum atomic E-state index is -0.337. The van der Waals surface area contributed by atoms with Crippen LogP contribution in [0.25, 0.3) is 28.0 Å². The van der Waals surface area contributed by atoms with Gasteiger partial charge in [-0.1, -0.05) is 35.5 Å². The lowest BCUT2D eigenvalue weighted by atomic mass is 9.88. The number of hydrogen-bond donors (Lipinski definition) is 3. The predicted molar refractivity (Wildman–Crippen MR) is 110 cm³/mol. The molecule has 2 atom stereocenters. The number of H-pyrrole nitrogens is 1. The molecule has 7 nitrogen and oxygen atoms in total. The molecule has 144 valence electrons. The Bertz CT molecular complexity index is 1070. The highest BCUT2D eigenvalue weighted by Gasteiger charge is 2.24. The fourth-order valence-electron chi connectivity index (χ4n) is 3.76. The van der Waals surface area contributed by atoms with Gasteiger partial charge in [0.25, 0.3) is 0 Å². The Morgan fingerprint density at radius 3 is 2.71 bits per heavy atom. The van der Waals surface area contributed by atoms with E-state index in [1.54, 1.807) is 4.68 Å². The van der Waals surface area contributed by atoms with Crippen LogP contribution in [0.3, 0.4) is 0 Å². The first-order valence-electron chi connectivity index (χ1n) is 9.14. The summed E-state index contributed by atoms with van der Waals surface area (Å²) >= 11 is 0. The van der Waals surface area contributed by atoms with Crippen molar-refractivity contribution in [2.45, 2.75) is 18.4 Å². The molecule has 3 N–H and O–H groups in total.